The minimum atomic E-state index is 0.296. The highest BCUT2D eigenvalue weighted by Crippen LogP contribution is 2.26. The highest BCUT2D eigenvalue weighted by atomic mass is 16.3. The van der Waals surface area contributed by atoms with Crippen molar-refractivity contribution in [3.63, 3.8) is 0 Å². The van der Waals surface area contributed by atoms with Gasteiger partial charge in [-0.1, -0.05) is 80.1 Å². The van der Waals surface area contributed by atoms with Crippen molar-refractivity contribution >= 4 is 0 Å². The third kappa shape index (κ3) is 3.76. The molecule has 0 fully saturated rings. The summed E-state index contributed by atoms with van der Waals surface area (Å²) in [7, 11) is 0. The van der Waals surface area contributed by atoms with Crippen LogP contribution in [-0.2, 0) is 0 Å². The van der Waals surface area contributed by atoms with Gasteiger partial charge in [-0.25, -0.2) is 0 Å². The van der Waals surface area contributed by atoms with E-state index >= 15 is 0 Å². The summed E-state index contributed by atoms with van der Waals surface area (Å²) in [4.78, 5) is 0. The molecule has 22 heavy (non-hydrogen) atoms. The standard InChI is InChI=1S/C19H16O.C2H6/c1-14-2-4-15(5-3-14)16-6-8-17(9-7-16)18-10-12-19(20)13-11-18;1-2/h2-13,20H,1H3;1-2H3. The van der Waals surface area contributed by atoms with E-state index < -0.39 is 0 Å². The second kappa shape index (κ2) is 7.46. The molecule has 3 rings (SSSR count). The topological polar surface area (TPSA) is 20.2 Å². The number of hydrogen-bond acceptors (Lipinski definition) is 1. The first-order valence-electron chi connectivity index (χ1n) is 7.69. The smallest absolute Gasteiger partial charge is 0.115 e. The fourth-order valence-electron chi connectivity index (χ4n) is 2.26. The molecule has 0 atom stereocenters. The molecule has 0 aliphatic carbocycles. The number of phenolic OH excluding ortho intramolecular Hbond substituents is 1. The maximum atomic E-state index is 9.32. The van der Waals surface area contributed by atoms with Gasteiger partial charge in [0.1, 0.15) is 5.75 Å². The zero-order valence-corrected chi connectivity index (χ0v) is 13.4. The lowest BCUT2D eigenvalue weighted by Gasteiger charge is -2.05. The van der Waals surface area contributed by atoms with Crippen molar-refractivity contribution in [3.05, 3.63) is 78.4 Å². The minimum Gasteiger partial charge on any atom is -0.508 e. The number of aromatic hydroxyl groups is 1. The number of hydrogen-bond donors (Lipinski definition) is 1. The lowest BCUT2D eigenvalue weighted by Crippen LogP contribution is -1.81. The van der Waals surface area contributed by atoms with Crippen LogP contribution in [0.5, 0.6) is 5.75 Å². The first-order valence-corrected chi connectivity index (χ1v) is 7.69. The van der Waals surface area contributed by atoms with E-state index in [-0.39, 0.29) is 0 Å². The van der Waals surface area contributed by atoms with E-state index in [4.69, 9.17) is 0 Å². The van der Waals surface area contributed by atoms with Crippen LogP contribution in [0.15, 0.2) is 72.8 Å². The van der Waals surface area contributed by atoms with Crippen LogP contribution in [0.1, 0.15) is 19.4 Å². The average Bonchev–Trinajstić information content (AvgIpc) is 2.58. The Hall–Kier alpha value is -2.54. The van der Waals surface area contributed by atoms with E-state index in [0.29, 0.717) is 5.75 Å². The van der Waals surface area contributed by atoms with Crippen LogP contribution in [0.25, 0.3) is 22.3 Å². The van der Waals surface area contributed by atoms with Gasteiger partial charge in [-0.15, -0.1) is 0 Å². The van der Waals surface area contributed by atoms with Crippen molar-refractivity contribution in [3.8, 4) is 28.0 Å². The maximum Gasteiger partial charge on any atom is 0.115 e. The van der Waals surface area contributed by atoms with Crippen LogP contribution in [0, 0.1) is 6.92 Å². The van der Waals surface area contributed by atoms with Crippen molar-refractivity contribution in [2.45, 2.75) is 20.8 Å². The predicted molar refractivity (Wildman–Crippen MR) is 95.1 cm³/mol. The van der Waals surface area contributed by atoms with E-state index in [9.17, 15) is 5.11 Å². The molecule has 1 N–H and O–H groups in total. The fourth-order valence-corrected chi connectivity index (χ4v) is 2.26. The average molecular weight is 290 g/mol. The lowest BCUT2D eigenvalue weighted by atomic mass is 10.00. The van der Waals surface area contributed by atoms with E-state index in [1.807, 2.05) is 26.0 Å². The van der Waals surface area contributed by atoms with Crippen molar-refractivity contribution in [1.82, 2.24) is 0 Å². The Morgan fingerprint density at radius 2 is 0.773 bits per heavy atom. The van der Waals surface area contributed by atoms with Crippen molar-refractivity contribution in [1.29, 1.82) is 0 Å². The highest BCUT2D eigenvalue weighted by Gasteiger charge is 2.00. The molecule has 0 aliphatic heterocycles. The van der Waals surface area contributed by atoms with E-state index in [2.05, 4.69) is 55.5 Å². The Morgan fingerprint density at radius 3 is 1.14 bits per heavy atom. The third-order valence-corrected chi connectivity index (χ3v) is 3.47. The molecular weight excluding hydrogens is 268 g/mol. The summed E-state index contributed by atoms with van der Waals surface area (Å²) in [6.07, 6.45) is 0. The minimum absolute atomic E-state index is 0.296. The molecule has 0 spiro atoms. The fraction of sp³-hybridized carbons (Fsp3) is 0.143. The summed E-state index contributed by atoms with van der Waals surface area (Å²) in [6.45, 7) is 6.09. The zero-order valence-electron chi connectivity index (χ0n) is 13.4. The second-order valence-corrected chi connectivity index (χ2v) is 4.99. The first-order chi connectivity index (χ1) is 10.7. The number of benzene rings is 3. The molecule has 0 saturated heterocycles. The Kier molecular flexibility index (Phi) is 5.37. The molecule has 1 heteroatoms. The van der Waals surface area contributed by atoms with Crippen LogP contribution in [0.4, 0.5) is 0 Å². The Morgan fingerprint density at radius 1 is 0.500 bits per heavy atom. The van der Waals surface area contributed by atoms with E-state index in [1.165, 1.54) is 16.7 Å². The first kappa shape index (κ1) is 15.8. The SMILES string of the molecule is CC.Cc1ccc(-c2ccc(-c3ccc(O)cc3)cc2)cc1. The van der Waals surface area contributed by atoms with Crippen molar-refractivity contribution < 1.29 is 5.11 Å². The lowest BCUT2D eigenvalue weighted by molar-refractivity contribution is 0.475. The van der Waals surface area contributed by atoms with E-state index in [0.717, 1.165) is 11.1 Å². The van der Waals surface area contributed by atoms with Gasteiger partial charge in [0.2, 0.25) is 0 Å². The van der Waals surface area contributed by atoms with Gasteiger partial charge in [-0.05, 0) is 41.3 Å². The molecule has 1 nitrogen and oxygen atoms in total. The Labute approximate surface area is 132 Å². The molecule has 0 saturated carbocycles. The van der Waals surface area contributed by atoms with Gasteiger partial charge in [0.25, 0.3) is 0 Å². The molecule has 0 unspecified atom stereocenters. The van der Waals surface area contributed by atoms with Crippen LogP contribution in [0.2, 0.25) is 0 Å². The molecular formula is C21H22O. The van der Waals surface area contributed by atoms with Crippen LogP contribution in [0.3, 0.4) is 0 Å². The van der Waals surface area contributed by atoms with Gasteiger partial charge in [0.15, 0.2) is 0 Å². The summed E-state index contributed by atoms with van der Waals surface area (Å²) >= 11 is 0. The summed E-state index contributed by atoms with van der Waals surface area (Å²) < 4.78 is 0. The molecule has 0 radical (unpaired) electrons. The van der Waals surface area contributed by atoms with Crippen LogP contribution >= 0.6 is 0 Å². The molecule has 0 amide bonds. The summed E-state index contributed by atoms with van der Waals surface area (Å²) in [6, 6.07) is 24.3. The summed E-state index contributed by atoms with van der Waals surface area (Å²) in [5.41, 5.74) is 5.98. The van der Waals surface area contributed by atoms with Gasteiger partial charge in [0.05, 0.1) is 0 Å². The zero-order chi connectivity index (χ0) is 15.9. The highest BCUT2D eigenvalue weighted by molar-refractivity contribution is 5.70. The number of phenols is 1. The molecule has 0 aliphatic rings. The monoisotopic (exact) mass is 290 g/mol. The van der Waals surface area contributed by atoms with Gasteiger partial charge < -0.3 is 5.11 Å². The largest absolute Gasteiger partial charge is 0.508 e. The predicted octanol–water partition coefficient (Wildman–Crippen LogP) is 6.06. The van der Waals surface area contributed by atoms with E-state index in [1.54, 1.807) is 12.1 Å². The van der Waals surface area contributed by atoms with Gasteiger partial charge >= 0.3 is 0 Å². The summed E-state index contributed by atoms with van der Waals surface area (Å²) in [5.74, 6) is 0.296. The van der Waals surface area contributed by atoms with Crippen LogP contribution < -0.4 is 0 Å². The normalized spacial score (nSPS) is 9.77. The van der Waals surface area contributed by atoms with Gasteiger partial charge in [0, 0.05) is 0 Å². The third-order valence-electron chi connectivity index (χ3n) is 3.47. The quantitative estimate of drug-likeness (QED) is 0.608. The van der Waals surface area contributed by atoms with Gasteiger partial charge in [-0.2, -0.15) is 0 Å². The number of rotatable bonds is 2. The van der Waals surface area contributed by atoms with Crippen molar-refractivity contribution in [2.24, 2.45) is 0 Å². The molecule has 3 aromatic rings. The van der Waals surface area contributed by atoms with Crippen molar-refractivity contribution in [2.75, 3.05) is 0 Å². The second-order valence-electron chi connectivity index (χ2n) is 4.99. The number of aryl methyl sites for hydroxylation is 1. The molecule has 0 aromatic heterocycles. The Balaban J connectivity index is 0.000000847. The van der Waals surface area contributed by atoms with Crippen LogP contribution in [-0.4, -0.2) is 5.11 Å². The molecule has 3 aromatic carbocycles. The summed E-state index contributed by atoms with van der Waals surface area (Å²) in [5, 5.41) is 9.32. The Bertz CT molecular complexity index is 628. The molecule has 0 heterocycles. The van der Waals surface area contributed by atoms with Gasteiger partial charge in [-0.3, -0.25) is 0 Å². The molecule has 112 valence electrons. The maximum absolute atomic E-state index is 9.32. The molecule has 0 bridgehead atoms.